The first kappa shape index (κ1) is 9.33. The van der Waals surface area contributed by atoms with Crippen molar-refractivity contribution in [2.45, 2.75) is 0 Å². The van der Waals surface area contributed by atoms with Gasteiger partial charge in [0.2, 0.25) is 5.78 Å². The van der Waals surface area contributed by atoms with E-state index in [1.807, 2.05) is 0 Å². The molecule has 0 atom stereocenters. The minimum Gasteiger partial charge on any atom is -0.398 e. The Labute approximate surface area is 85.7 Å². The van der Waals surface area contributed by atoms with Crippen molar-refractivity contribution in [2.75, 3.05) is 5.73 Å². The molecule has 0 bridgehead atoms. The molecule has 4 heteroatoms. The summed E-state index contributed by atoms with van der Waals surface area (Å²) in [6.45, 7) is 0. The lowest BCUT2D eigenvalue weighted by Gasteiger charge is -2.04. The fourth-order valence-corrected chi connectivity index (χ4v) is 1.46. The first-order chi connectivity index (χ1) is 7.24. The highest BCUT2D eigenvalue weighted by atomic mass is 16.2. The van der Waals surface area contributed by atoms with Crippen LogP contribution in [0.3, 0.4) is 0 Å². The van der Waals surface area contributed by atoms with Gasteiger partial charge in [0.1, 0.15) is 0 Å². The number of rotatable bonds is 2. The summed E-state index contributed by atoms with van der Waals surface area (Å²) in [5.41, 5.74) is 6.31. The van der Waals surface area contributed by atoms with Gasteiger partial charge in [0.25, 0.3) is 0 Å². The predicted molar refractivity (Wildman–Crippen MR) is 56.5 cm³/mol. The molecule has 1 aromatic carbocycles. The number of aldehydes is 1. The van der Waals surface area contributed by atoms with Crippen LogP contribution in [0, 0.1) is 0 Å². The summed E-state index contributed by atoms with van der Waals surface area (Å²) in [4.78, 5) is 25.5. The lowest BCUT2D eigenvalue weighted by molar-refractivity contribution is -0.104. The van der Waals surface area contributed by atoms with Crippen molar-refractivity contribution >= 4 is 28.5 Å². The van der Waals surface area contributed by atoms with Crippen LogP contribution in [0.5, 0.6) is 0 Å². The molecule has 2 aromatic rings. The molecule has 0 amide bonds. The number of hydrogen-bond acceptors (Lipinski definition) is 4. The fraction of sp³-hybridized carbons (Fsp3) is 0. The van der Waals surface area contributed by atoms with E-state index in [-0.39, 0.29) is 11.8 Å². The van der Waals surface area contributed by atoms with Gasteiger partial charge in [-0.25, -0.2) is 0 Å². The van der Waals surface area contributed by atoms with E-state index in [1.54, 1.807) is 30.6 Å². The maximum Gasteiger partial charge on any atom is 0.227 e. The third-order valence-electron chi connectivity index (χ3n) is 2.24. The Hall–Kier alpha value is -2.23. The van der Waals surface area contributed by atoms with Crippen LogP contribution >= 0.6 is 0 Å². The largest absolute Gasteiger partial charge is 0.398 e. The van der Waals surface area contributed by atoms with Crippen molar-refractivity contribution in [2.24, 2.45) is 0 Å². The lowest BCUT2D eigenvalue weighted by Crippen LogP contribution is -2.05. The Morgan fingerprint density at radius 1 is 1.33 bits per heavy atom. The van der Waals surface area contributed by atoms with Crippen molar-refractivity contribution in [3.05, 3.63) is 36.2 Å². The van der Waals surface area contributed by atoms with Gasteiger partial charge in [0, 0.05) is 23.3 Å². The molecular formula is C11H8N2O2. The van der Waals surface area contributed by atoms with Gasteiger partial charge in [0.15, 0.2) is 6.29 Å². The van der Waals surface area contributed by atoms with E-state index >= 15 is 0 Å². The Morgan fingerprint density at radius 3 is 2.87 bits per heavy atom. The van der Waals surface area contributed by atoms with E-state index in [2.05, 4.69) is 4.98 Å². The Bertz CT molecular complexity index is 549. The summed E-state index contributed by atoms with van der Waals surface area (Å²) in [6, 6.07) is 5.08. The molecule has 0 fully saturated rings. The average Bonchev–Trinajstić information content (AvgIpc) is 2.29. The van der Waals surface area contributed by atoms with Gasteiger partial charge < -0.3 is 5.73 Å². The molecule has 0 saturated heterocycles. The molecule has 15 heavy (non-hydrogen) atoms. The molecule has 4 nitrogen and oxygen atoms in total. The standard InChI is InChI=1S/C11H8N2O2/c12-11-8(10(15)6-14)2-1-7-3-4-13-5-9(7)11/h1-6H,12H2. The Kier molecular flexibility index (Phi) is 2.17. The van der Waals surface area contributed by atoms with Gasteiger partial charge >= 0.3 is 0 Å². The number of fused-ring (bicyclic) bond motifs is 1. The van der Waals surface area contributed by atoms with Crippen LogP contribution < -0.4 is 5.73 Å². The number of aromatic nitrogens is 1. The summed E-state index contributed by atoms with van der Waals surface area (Å²) < 4.78 is 0. The zero-order valence-corrected chi connectivity index (χ0v) is 7.81. The predicted octanol–water partition coefficient (Wildman–Crippen LogP) is 1.20. The number of Topliss-reactive ketones (excluding diaryl/α,β-unsaturated/α-hetero) is 1. The number of benzene rings is 1. The molecule has 0 spiro atoms. The topological polar surface area (TPSA) is 73.1 Å². The maximum atomic E-state index is 11.2. The summed E-state index contributed by atoms with van der Waals surface area (Å²) in [6.07, 6.45) is 3.48. The second kappa shape index (κ2) is 3.49. The van der Waals surface area contributed by atoms with Crippen LogP contribution in [-0.4, -0.2) is 17.1 Å². The number of anilines is 1. The molecule has 0 radical (unpaired) electrons. The van der Waals surface area contributed by atoms with E-state index in [0.29, 0.717) is 11.1 Å². The molecule has 1 aromatic heterocycles. The number of carbonyl (C=O) groups excluding carboxylic acids is 2. The number of pyridine rings is 1. The van der Waals surface area contributed by atoms with Crippen LogP contribution in [0.25, 0.3) is 10.8 Å². The van der Waals surface area contributed by atoms with Crippen LogP contribution in [0.15, 0.2) is 30.6 Å². The monoisotopic (exact) mass is 200 g/mol. The van der Waals surface area contributed by atoms with Gasteiger partial charge in [-0.05, 0) is 17.5 Å². The molecule has 0 aliphatic heterocycles. The third kappa shape index (κ3) is 1.46. The molecule has 0 unspecified atom stereocenters. The highest BCUT2D eigenvalue weighted by molar-refractivity contribution is 6.35. The Balaban J connectivity index is 2.75. The van der Waals surface area contributed by atoms with Crippen LogP contribution in [0.4, 0.5) is 5.69 Å². The second-order valence-electron chi connectivity index (χ2n) is 3.11. The lowest BCUT2D eigenvalue weighted by atomic mass is 10.0. The number of nitrogens with zero attached hydrogens (tertiary/aromatic N) is 1. The first-order valence-corrected chi connectivity index (χ1v) is 4.35. The minimum absolute atomic E-state index is 0.227. The number of carbonyl (C=O) groups is 2. The molecule has 0 aliphatic rings. The molecule has 0 saturated carbocycles. The first-order valence-electron chi connectivity index (χ1n) is 4.35. The van der Waals surface area contributed by atoms with E-state index in [1.165, 1.54) is 0 Å². The maximum absolute atomic E-state index is 11.2. The zero-order valence-electron chi connectivity index (χ0n) is 7.81. The normalized spacial score (nSPS) is 10.1. The van der Waals surface area contributed by atoms with Crippen molar-refractivity contribution in [3.63, 3.8) is 0 Å². The molecular weight excluding hydrogens is 192 g/mol. The zero-order chi connectivity index (χ0) is 10.8. The average molecular weight is 200 g/mol. The molecule has 2 N–H and O–H groups in total. The number of nitrogens with two attached hydrogens (primary N) is 1. The summed E-state index contributed by atoms with van der Waals surface area (Å²) >= 11 is 0. The fourth-order valence-electron chi connectivity index (χ4n) is 1.46. The van der Waals surface area contributed by atoms with Crippen LogP contribution in [-0.2, 0) is 4.79 Å². The summed E-state index contributed by atoms with van der Waals surface area (Å²) in [5.74, 6) is -0.613. The molecule has 74 valence electrons. The second-order valence-corrected chi connectivity index (χ2v) is 3.11. The van der Waals surface area contributed by atoms with Crippen molar-refractivity contribution < 1.29 is 9.59 Å². The minimum atomic E-state index is -0.613. The quantitative estimate of drug-likeness (QED) is 0.342. The van der Waals surface area contributed by atoms with Crippen molar-refractivity contribution in [1.29, 1.82) is 0 Å². The van der Waals surface area contributed by atoms with Gasteiger partial charge in [-0.15, -0.1) is 0 Å². The van der Waals surface area contributed by atoms with Gasteiger partial charge in [0.05, 0.1) is 5.69 Å². The van der Waals surface area contributed by atoms with Crippen LogP contribution in [0.2, 0.25) is 0 Å². The van der Waals surface area contributed by atoms with Crippen molar-refractivity contribution in [1.82, 2.24) is 4.98 Å². The van der Waals surface area contributed by atoms with E-state index < -0.39 is 5.78 Å². The van der Waals surface area contributed by atoms with Gasteiger partial charge in [-0.1, -0.05) is 6.07 Å². The van der Waals surface area contributed by atoms with E-state index in [9.17, 15) is 9.59 Å². The molecule has 0 aliphatic carbocycles. The SMILES string of the molecule is Nc1c(C(=O)C=O)ccc2ccncc12. The van der Waals surface area contributed by atoms with Gasteiger partial charge in [-0.2, -0.15) is 0 Å². The van der Waals surface area contributed by atoms with Crippen LogP contribution in [0.1, 0.15) is 10.4 Å². The smallest absolute Gasteiger partial charge is 0.227 e. The highest BCUT2D eigenvalue weighted by Crippen LogP contribution is 2.23. The third-order valence-corrected chi connectivity index (χ3v) is 2.24. The van der Waals surface area contributed by atoms with E-state index in [0.717, 1.165) is 5.39 Å². The number of nitrogen functional groups attached to an aromatic ring is 1. The number of hydrogen-bond donors (Lipinski definition) is 1. The van der Waals surface area contributed by atoms with E-state index in [4.69, 9.17) is 5.73 Å². The highest BCUT2D eigenvalue weighted by Gasteiger charge is 2.10. The van der Waals surface area contributed by atoms with Crippen molar-refractivity contribution in [3.8, 4) is 0 Å². The summed E-state index contributed by atoms with van der Waals surface area (Å²) in [7, 11) is 0. The summed E-state index contributed by atoms with van der Waals surface area (Å²) in [5, 5.41) is 1.58. The van der Waals surface area contributed by atoms with Gasteiger partial charge in [-0.3, -0.25) is 14.6 Å². The molecule has 2 rings (SSSR count). The Morgan fingerprint density at radius 2 is 2.13 bits per heavy atom. The molecule has 1 heterocycles. The number of ketones is 1.